The molecule has 0 saturated carbocycles. The number of aryl methyl sites for hydroxylation is 1. The van der Waals surface area contributed by atoms with Crippen LogP contribution in [0, 0.1) is 0 Å². The zero-order valence-electron chi connectivity index (χ0n) is 13.0. The molecular weight excluding hydrogens is 290 g/mol. The Balaban J connectivity index is 1.95. The topological polar surface area (TPSA) is 57.6 Å². The van der Waals surface area contributed by atoms with Crippen LogP contribution in [0.1, 0.15) is 40.0 Å². The standard InChI is InChI=1S/C19H19NO3/c1-2-13-7-9-15(10-8-13)18(21)20-12-11-14-5-3-4-6-16(14)17(20)19(22)23/h3-10,17H,2,11-12H2,1H3,(H,22,23)/t17-/m1/s1. The van der Waals surface area contributed by atoms with Gasteiger partial charge in [-0.1, -0.05) is 43.3 Å². The molecule has 0 aliphatic carbocycles. The van der Waals surface area contributed by atoms with E-state index in [1.54, 1.807) is 18.2 Å². The van der Waals surface area contributed by atoms with Crippen LogP contribution in [0.2, 0.25) is 0 Å². The van der Waals surface area contributed by atoms with Crippen molar-refractivity contribution >= 4 is 11.9 Å². The van der Waals surface area contributed by atoms with E-state index in [0.717, 1.165) is 17.5 Å². The van der Waals surface area contributed by atoms with Gasteiger partial charge in [-0.2, -0.15) is 0 Å². The molecule has 2 aromatic carbocycles. The number of hydrogen-bond acceptors (Lipinski definition) is 2. The average Bonchev–Trinajstić information content (AvgIpc) is 2.60. The fraction of sp³-hybridized carbons (Fsp3) is 0.263. The molecule has 0 spiro atoms. The largest absolute Gasteiger partial charge is 0.479 e. The number of benzene rings is 2. The summed E-state index contributed by atoms with van der Waals surface area (Å²) in [6.07, 6.45) is 1.59. The number of carbonyl (C=O) groups is 2. The summed E-state index contributed by atoms with van der Waals surface area (Å²) >= 11 is 0. The molecule has 4 heteroatoms. The third-order valence-electron chi connectivity index (χ3n) is 4.39. The molecule has 1 heterocycles. The SMILES string of the molecule is CCc1ccc(C(=O)N2CCc3ccccc3[C@@H]2C(=O)O)cc1. The average molecular weight is 309 g/mol. The van der Waals surface area contributed by atoms with E-state index in [2.05, 4.69) is 6.92 Å². The first-order valence-electron chi connectivity index (χ1n) is 7.82. The molecule has 0 aromatic heterocycles. The van der Waals surface area contributed by atoms with E-state index >= 15 is 0 Å². The minimum absolute atomic E-state index is 0.227. The lowest BCUT2D eigenvalue weighted by atomic mass is 9.92. The van der Waals surface area contributed by atoms with Crippen molar-refractivity contribution in [3.8, 4) is 0 Å². The second-order valence-electron chi connectivity index (χ2n) is 5.74. The Kier molecular flexibility index (Phi) is 4.15. The predicted octanol–water partition coefficient (Wildman–Crippen LogP) is 3.07. The highest BCUT2D eigenvalue weighted by atomic mass is 16.4. The first kappa shape index (κ1) is 15.3. The number of nitrogens with zero attached hydrogens (tertiary/aromatic N) is 1. The van der Waals surface area contributed by atoms with Gasteiger partial charge in [-0.25, -0.2) is 4.79 Å². The Bertz CT molecular complexity index is 737. The molecule has 2 aromatic rings. The van der Waals surface area contributed by atoms with Gasteiger partial charge in [-0.15, -0.1) is 0 Å². The molecular formula is C19H19NO3. The molecule has 23 heavy (non-hydrogen) atoms. The van der Waals surface area contributed by atoms with Crippen molar-refractivity contribution in [2.75, 3.05) is 6.54 Å². The van der Waals surface area contributed by atoms with Gasteiger partial charge in [-0.3, -0.25) is 4.79 Å². The van der Waals surface area contributed by atoms with Crippen molar-refractivity contribution < 1.29 is 14.7 Å². The van der Waals surface area contributed by atoms with Gasteiger partial charge < -0.3 is 10.0 Å². The normalized spacial score (nSPS) is 16.7. The van der Waals surface area contributed by atoms with Gasteiger partial charge in [0.25, 0.3) is 5.91 Å². The summed E-state index contributed by atoms with van der Waals surface area (Å²) in [5.41, 5.74) is 3.41. The number of rotatable bonds is 3. The van der Waals surface area contributed by atoms with Gasteiger partial charge in [0.15, 0.2) is 6.04 Å². The van der Waals surface area contributed by atoms with E-state index in [1.165, 1.54) is 4.90 Å². The zero-order chi connectivity index (χ0) is 16.4. The number of carbonyl (C=O) groups excluding carboxylic acids is 1. The highest BCUT2D eigenvalue weighted by Crippen LogP contribution is 2.31. The summed E-state index contributed by atoms with van der Waals surface area (Å²) < 4.78 is 0. The highest BCUT2D eigenvalue weighted by molar-refractivity contribution is 5.97. The molecule has 4 nitrogen and oxygen atoms in total. The molecule has 0 unspecified atom stereocenters. The van der Waals surface area contributed by atoms with Crippen molar-refractivity contribution in [1.29, 1.82) is 0 Å². The predicted molar refractivity (Wildman–Crippen MR) is 87.4 cm³/mol. The third kappa shape index (κ3) is 2.84. The lowest BCUT2D eigenvalue weighted by Crippen LogP contribution is -2.43. The molecule has 1 aliphatic heterocycles. The smallest absolute Gasteiger partial charge is 0.331 e. The van der Waals surface area contributed by atoms with Crippen LogP contribution >= 0.6 is 0 Å². The summed E-state index contributed by atoms with van der Waals surface area (Å²) in [4.78, 5) is 26.0. The van der Waals surface area contributed by atoms with Crippen LogP contribution in [0.5, 0.6) is 0 Å². The van der Waals surface area contributed by atoms with Crippen molar-refractivity contribution in [2.24, 2.45) is 0 Å². The van der Waals surface area contributed by atoms with E-state index in [-0.39, 0.29) is 5.91 Å². The van der Waals surface area contributed by atoms with Crippen LogP contribution in [0.15, 0.2) is 48.5 Å². The molecule has 3 rings (SSSR count). The first-order chi connectivity index (χ1) is 11.1. The van der Waals surface area contributed by atoms with E-state index in [0.29, 0.717) is 24.1 Å². The molecule has 118 valence electrons. The first-order valence-corrected chi connectivity index (χ1v) is 7.82. The van der Waals surface area contributed by atoms with Crippen LogP contribution in [0.3, 0.4) is 0 Å². The Labute approximate surface area is 135 Å². The molecule has 1 amide bonds. The Morgan fingerprint density at radius 1 is 1.13 bits per heavy atom. The maximum absolute atomic E-state index is 12.8. The molecule has 1 N–H and O–H groups in total. The molecule has 0 radical (unpaired) electrons. The van der Waals surface area contributed by atoms with Gasteiger partial charge in [0.05, 0.1) is 0 Å². The molecule has 0 bridgehead atoms. The van der Waals surface area contributed by atoms with E-state index in [1.807, 2.05) is 30.3 Å². The fourth-order valence-corrected chi connectivity index (χ4v) is 3.10. The van der Waals surface area contributed by atoms with E-state index in [9.17, 15) is 14.7 Å². The maximum atomic E-state index is 12.8. The van der Waals surface area contributed by atoms with Gasteiger partial charge in [0, 0.05) is 12.1 Å². The van der Waals surface area contributed by atoms with Crippen molar-refractivity contribution in [3.05, 3.63) is 70.8 Å². The fourth-order valence-electron chi connectivity index (χ4n) is 3.10. The van der Waals surface area contributed by atoms with Gasteiger partial charge in [-0.05, 0) is 41.7 Å². The Hall–Kier alpha value is -2.62. The van der Waals surface area contributed by atoms with Gasteiger partial charge >= 0.3 is 5.97 Å². The second kappa shape index (κ2) is 6.24. The number of carboxylic acid groups (broad SMARTS) is 1. The Morgan fingerprint density at radius 2 is 1.83 bits per heavy atom. The minimum atomic E-state index is -0.990. The van der Waals surface area contributed by atoms with Gasteiger partial charge in [0.2, 0.25) is 0 Å². The van der Waals surface area contributed by atoms with Gasteiger partial charge in [0.1, 0.15) is 0 Å². The minimum Gasteiger partial charge on any atom is -0.479 e. The quantitative estimate of drug-likeness (QED) is 0.948. The van der Waals surface area contributed by atoms with Crippen LogP contribution < -0.4 is 0 Å². The summed E-state index contributed by atoms with van der Waals surface area (Å²) in [6, 6.07) is 13.9. The summed E-state index contributed by atoms with van der Waals surface area (Å²) in [5.74, 6) is -1.22. The van der Waals surface area contributed by atoms with E-state index < -0.39 is 12.0 Å². The summed E-state index contributed by atoms with van der Waals surface area (Å²) in [7, 11) is 0. The second-order valence-corrected chi connectivity index (χ2v) is 5.74. The highest BCUT2D eigenvalue weighted by Gasteiger charge is 2.36. The van der Waals surface area contributed by atoms with Crippen molar-refractivity contribution in [2.45, 2.75) is 25.8 Å². The monoisotopic (exact) mass is 309 g/mol. The van der Waals surface area contributed by atoms with Crippen LogP contribution in [-0.2, 0) is 17.6 Å². The van der Waals surface area contributed by atoms with Crippen LogP contribution in [-0.4, -0.2) is 28.4 Å². The number of aliphatic carboxylic acids is 1. The van der Waals surface area contributed by atoms with Crippen LogP contribution in [0.4, 0.5) is 0 Å². The zero-order valence-corrected chi connectivity index (χ0v) is 13.0. The lowest BCUT2D eigenvalue weighted by molar-refractivity contribution is -0.143. The number of hydrogen-bond donors (Lipinski definition) is 1. The Morgan fingerprint density at radius 3 is 2.48 bits per heavy atom. The lowest BCUT2D eigenvalue weighted by Gasteiger charge is -2.34. The van der Waals surface area contributed by atoms with Crippen molar-refractivity contribution in [3.63, 3.8) is 0 Å². The number of fused-ring (bicyclic) bond motifs is 1. The molecule has 1 atom stereocenters. The summed E-state index contributed by atoms with van der Waals surface area (Å²) in [6.45, 7) is 2.47. The summed E-state index contributed by atoms with van der Waals surface area (Å²) in [5, 5.41) is 9.64. The van der Waals surface area contributed by atoms with E-state index in [4.69, 9.17) is 0 Å². The number of carboxylic acids is 1. The van der Waals surface area contributed by atoms with Crippen molar-refractivity contribution in [1.82, 2.24) is 4.90 Å². The molecule has 1 aliphatic rings. The maximum Gasteiger partial charge on any atom is 0.331 e. The number of amides is 1. The molecule has 0 saturated heterocycles. The third-order valence-corrected chi connectivity index (χ3v) is 4.39. The van der Waals surface area contributed by atoms with Crippen LogP contribution in [0.25, 0.3) is 0 Å². The molecule has 0 fully saturated rings.